The highest BCUT2D eigenvalue weighted by Crippen LogP contribution is 2.25. The maximum atomic E-state index is 13.6. The molecule has 0 saturated heterocycles. The maximum absolute atomic E-state index is 13.6. The Balaban J connectivity index is 2.13. The van der Waals surface area contributed by atoms with Crippen molar-refractivity contribution in [3.8, 4) is 0 Å². The van der Waals surface area contributed by atoms with Gasteiger partial charge in [-0.15, -0.1) is 0 Å². The van der Waals surface area contributed by atoms with E-state index in [0.29, 0.717) is 34.5 Å². The molecule has 3 N–H and O–H groups in total. The van der Waals surface area contributed by atoms with Crippen molar-refractivity contribution < 1.29 is 9.18 Å². The molecule has 0 radical (unpaired) electrons. The average Bonchev–Trinajstić information content (AvgIpc) is 2.70. The van der Waals surface area contributed by atoms with Crippen molar-refractivity contribution >= 4 is 38.8 Å². The highest BCUT2D eigenvalue weighted by molar-refractivity contribution is 9.10. The Morgan fingerprint density at radius 2 is 2.24 bits per heavy atom. The number of nitrogens with two attached hydrogens (primary N) is 1. The molecule has 21 heavy (non-hydrogen) atoms. The van der Waals surface area contributed by atoms with Gasteiger partial charge in [0.15, 0.2) is 0 Å². The maximum Gasteiger partial charge on any atom is 0.221 e. The SMILES string of the molecule is CC(C)CNC(=O)CCn1c(N)nc2cc(Br)c(F)cc21. The summed E-state index contributed by atoms with van der Waals surface area (Å²) in [7, 11) is 0. The fourth-order valence-corrected chi connectivity index (χ4v) is 2.32. The van der Waals surface area contributed by atoms with E-state index < -0.39 is 0 Å². The number of hydrogen-bond acceptors (Lipinski definition) is 3. The number of halogens is 2. The van der Waals surface area contributed by atoms with Crippen LogP contribution in [0.1, 0.15) is 20.3 Å². The minimum Gasteiger partial charge on any atom is -0.369 e. The summed E-state index contributed by atoms with van der Waals surface area (Å²) < 4.78 is 15.6. The highest BCUT2D eigenvalue weighted by Gasteiger charge is 2.12. The summed E-state index contributed by atoms with van der Waals surface area (Å²) in [6, 6.07) is 2.95. The summed E-state index contributed by atoms with van der Waals surface area (Å²) in [6.07, 6.45) is 0.278. The first-order chi connectivity index (χ1) is 9.88. The topological polar surface area (TPSA) is 72.9 Å². The second-order valence-electron chi connectivity index (χ2n) is 5.32. The number of amides is 1. The smallest absolute Gasteiger partial charge is 0.221 e. The molecule has 0 saturated carbocycles. The summed E-state index contributed by atoms with van der Waals surface area (Å²) in [5.74, 6) is 0.245. The molecule has 114 valence electrons. The number of anilines is 1. The van der Waals surface area contributed by atoms with Gasteiger partial charge in [-0.05, 0) is 27.9 Å². The van der Waals surface area contributed by atoms with E-state index in [1.165, 1.54) is 6.07 Å². The molecule has 5 nitrogen and oxygen atoms in total. The summed E-state index contributed by atoms with van der Waals surface area (Å²) in [4.78, 5) is 15.9. The number of aryl methyl sites for hydroxylation is 1. The molecule has 0 bridgehead atoms. The molecule has 1 aromatic carbocycles. The summed E-state index contributed by atoms with van der Waals surface area (Å²) in [5.41, 5.74) is 7.03. The molecule has 0 aliphatic carbocycles. The molecule has 0 aliphatic rings. The molecular weight excluding hydrogens is 339 g/mol. The minimum absolute atomic E-state index is 0.0532. The molecule has 0 spiro atoms. The van der Waals surface area contributed by atoms with Gasteiger partial charge in [0, 0.05) is 25.6 Å². The third-order valence-corrected chi connectivity index (χ3v) is 3.70. The van der Waals surface area contributed by atoms with Crippen LogP contribution in [0, 0.1) is 11.7 Å². The van der Waals surface area contributed by atoms with Crippen LogP contribution >= 0.6 is 15.9 Å². The molecule has 2 rings (SSSR count). The molecule has 1 aromatic heterocycles. The Labute approximate surface area is 130 Å². The average molecular weight is 357 g/mol. The number of nitrogens with one attached hydrogen (secondary N) is 1. The molecular formula is C14H18BrFN4O. The van der Waals surface area contributed by atoms with Crippen LogP contribution in [-0.2, 0) is 11.3 Å². The Morgan fingerprint density at radius 1 is 1.52 bits per heavy atom. The summed E-state index contributed by atoms with van der Waals surface area (Å²) in [6.45, 7) is 5.07. The normalized spacial score (nSPS) is 11.3. The number of fused-ring (bicyclic) bond motifs is 1. The Morgan fingerprint density at radius 3 is 2.90 bits per heavy atom. The van der Waals surface area contributed by atoms with Crippen LogP contribution in [0.25, 0.3) is 11.0 Å². The van der Waals surface area contributed by atoms with Gasteiger partial charge < -0.3 is 15.6 Å². The zero-order valence-electron chi connectivity index (χ0n) is 12.0. The van der Waals surface area contributed by atoms with Gasteiger partial charge in [-0.25, -0.2) is 9.37 Å². The fraction of sp³-hybridized carbons (Fsp3) is 0.429. The van der Waals surface area contributed by atoms with Gasteiger partial charge in [-0.3, -0.25) is 4.79 Å². The number of aromatic nitrogens is 2. The lowest BCUT2D eigenvalue weighted by Gasteiger charge is -2.09. The van der Waals surface area contributed by atoms with Crippen LogP contribution in [-0.4, -0.2) is 22.0 Å². The van der Waals surface area contributed by atoms with Crippen molar-refractivity contribution in [1.82, 2.24) is 14.9 Å². The standard InChI is InChI=1S/C14H18BrFN4O/c1-8(2)7-18-13(21)3-4-20-12-6-10(16)9(15)5-11(12)19-14(20)17/h5-6,8H,3-4,7H2,1-2H3,(H2,17,19)(H,18,21). The van der Waals surface area contributed by atoms with Crippen molar-refractivity contribution in [1.29, 1.82) is 0 Å². The van der Waals surface area contributed by atoms with E-state index in [2.05, 4.69) is 26.2 Å². The van der Waals surface area contributed by atoms with Crippen LogP contribution in [0.2, 0.25) is 0 Å². The zero-order valence-corrected chi connectivity index (χ0v) is 13.6. The number of imidazole rings is 1. The number of carbonyl (C=O) groups excluding carboxylic acids is 1. The summed E-state index contributed by atoms with van der Waals surface area (Å²) >= 11 is 3.12. The molecule has 1 amide bonds. The van der Waals surface area contributed by atoms with Crippen LogP contribution in [0.5, 0.6) is 0 Å². The third kappa shape index (κ3) is 3.72. The van der Waals surface area contributed by atoms with Gasteiger partial charge in [0.05, 0.1) is 15.5 Å². The molecule has 0 aliphatic heterocycles. The minimum atomic E-state index is -0.382. The molecule has 2 aromatic rings. The van der Waals surface area contributed by atoms with Crippen molar-refractivity contribution in [3.63, 3.8) is 0 Å². The van der Waals surface area contributed by atoms with Crippen LogP contribution in [0.15, 0.2) is 16.6 Å². The molecule has 0 atom stereocenters. The first-order valence-electron chi connectivity index (χ1n) is 6.76. The molecule has 1 heterocycles. The van der Waals surface area contributed by atoms with E-state index in [1.54, 1.807) is 10.6 Å². The first-order valence-corrected chi connectivity index (χ1v) is 7.55. The number of nitrogen functional groups attached to an aromatic ring is 1. The van der Waals surface area contributed by atoms with Gasteiger partial charge in [-0.1, -0.05) is 13.8 Å². The Bertz CT molecular complexity index is 669. The Kier molecular flexibility index (Phi) is 4.82. The second kappa shape index (κ2) is 6.43. The van der Waals surface area contributed by atoms with Gasteiger partial charge in [-0.2, -0.15) is 0 Å². The number of rotatable bonds is 5. The van der Waals surface area contributed by atoms with Gasteiger partial charge in [0.2, 0.25) is 11.9 Å². The predicted molar refractivity (Wildman–Crippen MR) is 84.3 cm³/mol. The van der Waals surface area contributed by atoms with Gasteiger partial charge >= 0.3 is 0 Å². The van der Waals surface area contributed by atoms with Gasteiger partial charge in [0.1, 0.15) is 5.82 Å². The number of carbonyl (C=O) groups is 1. The van der Waals surface area contributed by atoms with E-state index in [4.69, 9.17) is 5.73 Å². The number of nitrogens with zero attached hydrogens (tertiary/aromatic N) is 2. The van der Waals surface area contributed by atoms with E-state index in [0.717, 1.165) is 0 Å². The van der Waals surface area contributed by atoms with E-state index >= 15 is 0 Å². The van der Waals surface area contributed by atoms with Crippen molar-refractivity contribution in [3.05, 3.63) is 22.4 Å². The lowest BCUT2D eigenvalue weighted by atomic mass is 10.2. The fourth-order valence-electron chi connectivity index (χ4n) is 1.99. The lowest BCUT2D eigenvalue weighted by molar-refractivity contribution is -0.121. The number of benzene rings is 1. The van der Waals surface area contributed by atoms with Gasteiger partial charge in [0.25, 0.3) is 0 Å². The van der Waals surface area contributed by atoms with Crippen molar-refractivity contribution in [2.24, 2.45) is 5.92 Å². The summed E-state index contributed by atoms with van der Waals surface area (Å²) in [5, 5.41) is 2.84. The quantitative estimate of drug-likeness (QED) is 0.864. The van der Waals surface area contributed by atoms with E-state index in [-0.39, 0.29) is 24.1 Å². The van der Waals surface area contributed by atoms with Crippen molar-refractivity contribution in [2.75, 3.05) is 12.3 Å². The molecule has 0 unspecified atom stereocenters. The molecule has 0 fully saturated rings. The number of hydrogen-bond donors (Lipinski definition) is 2. The first kappa shape index (κ1) is 15.8. The van der Waals surface area contributed by atoms with E-state index in [9.17, 15) is 9.18 Å². The highest BCUT2D eigenvalue weighted by atomic mass is 79.9. The Hall–Kier alpha value is -1.63. The van der Waals surface area contributed by atoms with Crippen LogP contribution < -0.4 is 11.1 Å². The third-order valence-electron chi connectivity index (χ3n) is 3.09. The zero-order chi connectivity index (χ0) is 15.6. The molecule has 7 heteroatoms. The predicted octanol–water partition coefficient (Wildman–Crippen LogP) is 2.68. The van der Waals surface area contributed by atoms with Crippen LogP contribution in [0.3, 0.4) is 0 Å². The lowest BCUT2D eigenvalue weighted by Crippen LogP contribution is -2.28. The second-order valence-corrected chi connectivity index (χ2v) is 6.18. The van der Waals surface area contributed by atoms with Crippen LogP contribution in [0.4, 0.5) is 10.3 Å². The van der Waals surface area contributed by atoms with Crippen molar-refractivity contribution in [2.45, 2.75) is 26.8 Å². The van der Waals surface area contributed by atoms with E-state index in [1.807, 2.05) is 13.8 Å². The monoisotopic (exact) mass is 356 g/mol. The largest absolute Gasteiger partial charge is 0.369 e.